The van der Waals surface area contributed by atoms with E-state index in [1.54, 1.807) is 0 Å². The lowest BCUT2D eigenvalue weighted by atomic mass is 9.85. The van der Waals surface area contributed by atoms with Crippen LogP contribution in [0.4, 0.5) is 4.39 Å². The fourth-order valence-electron chi connectivity index (χ4n) is 2.62. The van der Waals surface area contributed by atoms with Crippen molar-refractivity contribution < 1.29 is 18.8 Å². The van der Waals surface area contributed by atoms with Gasteiger partial charge in [-0.2, -0.15) is 0 Å². The molecule has 5 nitrogen and oxygen atoms in total. The van der Waals surface area contributed by atoms with E-state index in [2.05, 4.69) is 5.32 Å². The second kappa shape index (κ2) is 5.39. The molecule has 2 rings (SSSR count). The van der Waals surface area contributed by atoms with Crippen LogP contribution in [0.1, 0.15) is 46.5 Å². The molecular weight excluding hydrogens is 275 g/mol. The molecule has 1 saturated carbocycles. The van der Waals surface area contributed by atoms with E-state index in [-0.39, 0.29) is 18.7 Å². The summed E-state index contributed by atoms with van der Waals surface area (Å²) in [6, 6.07) is -1.25. The Hall–Kier alpha value is -1.46. The third kappa shape index (κ3) is 3.24. The predicted molar refractivity (Wildman–Crippen MR) is 75.3 cm³/mol. The summed E-state index contributed by atoms with van der Waals surface area (Å²) < 4.78 is 13.8. The van der Waals surface area contributed by atoms with Gasteiger partial charge in [-0.05, 0) is 31.1 Å². The number of rotatable bonds is 4. The molecule has 0 spiro atoms. The van der Waals surface area contributed by atoms with E-state index in [1.807, 2.05) is 20.8 Å². The van der Waals surface area contributed by atoms with Crippen LogP contribution in [0, 0.1) is 5.41 Å². The topological polar surface area (TPSA) is 66.5 Å². The third-order valence-electron chi connectivity index (χ3n) is 4.22. The lowest BCUT2D eigenvalue weighted by Gasteiger charge is -2.35. The average molecular weight is 298 g/mol. The quantitative estimate of drug-likeness (QED) is 0.793. The Kier molecular flexibility index (Phi) is 4.08. The van der Waals surface area contributed by atoms with Crippen molar-refractivity contribution in [3.8, 4) is 0 Å². The Morgan fingerprint density at radius 1 is 1.38 bits per heavy atom. The molecule has 6 heteroatoms. The van der Waals surface area contributed by atoms with E-state index in [0.717, 1.165) is 12.7 Å². The smallest absolute Gasteiger partial charge is 0.258 e. The Bertz CT molecular complexity index is 454. The highest BCUT2D eigenvalue weighted by molar-refractivity contribution is 5.94. The number of nitrogens with one attached hydrogen (secondary N) is 1. The van der Waals surface area contributed by atoms with Gasteiger partial charge in [-0.15, -0.1) is 0 Å². The number of carbonyl (C=O) groups excluding carboxylic acids is 3. The number of alkyl halides is 1. The first-order chi connectivity index (χ1) is 9.69. The van der Waals surface area contributed by atoms with Crippen LogP contribution in [0.5, 0.6) is 0 Å². The van der Waals surface area contributed by atoms with E-state index in [1.165, 1.54) is 4.90 Å². The van der Waals surface area contributed by atoms with Crippen LogP contribution in [-0.4, -0.2) is 47.3 Å². The molecule has 2 aliphatic rings. The first kappa shape index (κ1) is 15.9. The lowest BCUT2D eigenvalue weighted by Crippen LogP contribution is -2.57. The van der Waals surface area contributed by atoms with Crippen LogP contribution < -0.4 is 5.32 Å². The van der Waals surface area contributed by atoms with Crippen molar-refractivity contribution in [2.24, 2.45) is 5.41 Å². The van der Waals surface area contributed by atoms with Gasteiger partial charge in [0.2, 0.25) is 5.91 Å². The predicted octanol–water partition coefficient (Wildman–Crippen LogP) is 1.21. The standard InChI is InChI=1S/C15H23FN2O3/c1-14(2,3)11(17-13(21)15(16)6-7-15)12(20)18-8-4-5-10(18)9-19/h9-11H,4-8H2,1-3H3,(H,17,21)/t10-,11+/m0/s1. The largest absolute Gasteiger partial charge is 0.341 e. The number of likely N-dealkylation sites (tertiary alicyclic amines) is 1. The van der Waals surface area contributed by atoms with Gasteiger partial charge in [0.1, 0.15) is 12.3 Å². The monoisotopic (exact) mass is 298 g/mol. The van der Waals surface area contributed by atoms with Crippen LogP contribution in [0.25, 0.3) is 0 Å². The van der Waals surface area contributed by atoms with Crippen molar-refractivity contribution in [3.63, 3.8) is 0 Å². The van der Waals surface area contributed by atoms with Crippen molar-refractivity contribution >= 4 is 18.1 Å². The molecular formula is C15H23FN2O3. The molecule has 2 fully saturated rings. The van der Waals surface area contributed by atoms with Gasteiger partial charge in [0.25, 0.3) is 5.91 Å². The number of amides is 2. The van der Waals surface area contributed by atoms with Gasteiger partial charge in [-0.1, -0.05) is 20.8 Å². The number of nitrogens with zero attached hydrogens (tertiary/aromatic N) is 1. The number of aldehydes is 1. The Labute approximate surface area is 124 Å². The number of carbonyl (C=O) groups is 3. The zero-order chi connectivity index (χ0) is 15.8. The SMILES string of the molecule is CC(C)(C)[C@H](NC(=O)C1(F)CC1)C(=O)N1CCC[C@H]1C=O. The number of hydrogen-bond acceptors (Lipinski definition) is 3. The zero-order valence-corrected chi connectivity index (χ0v) is 12.8. The van der Waals surface area contributed by atoms with Gasteiger partial charge in [0, 0.05) is 6.54 Å². The Morgan fingerprint density at radius 3 is 2.48 bits per heavy atom. The summed E-state index contributed by atoms with van der Waals surface area (Å²) in [6.45, 7) is 5.96. The first-order valence-corrected chi connectivity index (χ1v) is 7.45. The molecule has 21 heavy (non-hydrogen) atoms. The Balaban J connectivity index is 2.14. The van der Waals surface area contributed by atoms with Crippen LogP contribution in [0.15, 0.2) is 0 Å². The van der Waals surface area contributed by atoms with Gasteiger partial charge in [0.05, 0.1) is 6.04 Å². The number of halogens is 1. The molecule has 0 radical (unpaired) electrons. The molecule has 0 aromatic rings. The summed E-state index contributed by atoms with van der Waals surface area (Å²) in [5.41, 5.74) is -2.35. The molecule has 0 bridgehead atoms. The van der Waals surface area contributed by atoms with Crippen LogP contribution in [0.2, 0.25) is 0 Å². The maximum Gasteiger partial charge on any atom is 0.258 e. The molecule has 0 aromatic heterocycles. The zero-order valence-electron chi connectivity index (χ0n) is 12.8. The molecule has 1 aliphatic carbocycles. The maximum atomic E-state index is 13.8. The third-order valence-corrected chi connectivity index (χ3v) is 4.22. The fraction of sp³-hybridized carbons (Fsp3) is 0.800. The van der Waals surface area contributed by atoms with E-state index in [4.69, 9.17) is 0 Å². The average Bonchev–Trinajstić information content (AvgIpc) is 2.98. The minimum atomic E-state index is -1.81. The first-order valence-electron chi connectivity index (χ1n) is 7.45. The fourth-order valence-corrected chi connectivity index (χ4v) is 2.62. The summed E-state index contributed by atoms with van der Waals surface area (Å²) in [4.78, 5) is 37.1. The van der Waals surface area contributed by atoms with E-state index >= 15 is 0 Å². The van der Waals surface area contributed by atoms with Gasteiger partial charge >= 0.3 is 0 Å². The summed E-state index contributed by atoms with van der Waals surface area (Å²) in [5, 5.41) is 2.56. The number of hydrogen-bond donors (Lipinski definition) is 1. The van der Waals surface area contributed by atoms with Crippen LogP contribution >= 0.6 is 0 Å². The van der Waals surface area contributed by atoms with Crippen LogP contribution in [-0.2, 0) is 14.4 Å². The highest BCUT2D eigenvalue weighted by Gasteiger charge is 2.52. The van der Waals surface area contributed by atoms with Crippen molar-refractivity contribution in [1.29, 1.82) is 0 Å². The normalized spacial score (nSPS) is 25.3. The van der Waals surface area contributed by atoms with Crippen molar-refractivity contribution in [2.75, 3.05) is 6.54 Å². The van der Waals surface area contributed by atoms with Gasteiger partial charge in [-0.3, -0.25) is 9.59 Å². The minimum Gasteiger partial charge on any atom is -0.341 e. The molecule has 1 aliphatic heterocycles. The highest BCUT2D eigenvalue weighted by atomic mass is 19.1. The van der Waals surface area contributed by atoms with E-state index in [0.29, 0.717) is 13.0 Å². The summed E-state index contributed by atoms with van der Waals surface area (Å²) >= 11 is 0. The molecule has 2 atom stereocenters. The highest BCUT2D eigenvalue weighted by Crippen LogP contribution is 2.40. The lowest BCUT2D eigenvalue weighted by molar-refractivity contribution is -0.142. The molecule has 2 amide bonds. The van der Waals surface area contributed by atoms with E-state index in [9.17, 15) is 18.8 Å². The minimum absolute atomic E-state index is 0.213. The van der Waals surface area contributed by atoms with Gasteiger partial charge in [-0.25, -0.2) is 4.39 Å². The van der Waals surface area contributed by atoms with Gasteiger partial charge in [0.15, 0.2) is 5.67 Å². The Morgan fingerprint density at radius 2 is 2.00 bits per heavy atom. The maximum absolute atomic E-state index is 13.8. The van der Waals surface area contributed by atoms with E-state index < -0.39 is 29.1 Å². The summed E-state index contributed by atoms with van der Waals surface area (Å²) in [6.07, 6.45) is 2.61. The molecule has 0 aromatic carbocycles. The summed E-state index contributed by atoms with van der Waals surface area (Å²) in [5.74, 6) is -1.01. The molecule has 1 saturated heterocycles. The van der Waals surface area contributed by atoms with Gasteiger partial charge < -0.3 is 15.0 Å². The molecule has 118 valence electrons. The molecule has 1 heterocycles. The molecule has 0 unspecified atom stereocenters. The van der Waals surface area contributed by atoms with Crippen molar-refractivity contribution in [3.05, 3.63) is 0 Å². The second-order valence-corrected chi connectivity index (χ2v) is 7.12. The van der Waals surface area contributed by atoms with Crippen LogP contribution in [0.3, 0.4) is 0 Å². The van der Waals surface area contributed by atoms with Crippen molar-refractivity contribution in [2.45, 2.75) is 64.2 Å². The molecule has 1 N–H and O–H groups in total. The van der Waals surface area contributed by atoms with Crippen molar-refractivity contribution in [1.82, 2.24) is 10.2 Å². The second-order valence-electron chi connectivity index (χ2n) is 7.12. The summed E-state index contributed by atoms with van der Waals surface area (Å²) in [7, 11) is 0.